The molecule has 3 rings (SSSR count). The van der Waals surface area contributed by atoms with Gasteiger partial charge in [0.25, 0.3) is 0 Å². The van der Waals surface area contributed by atoms with E-state index in [0.717, 1.165) is 23.3 Å². The van der Waals surface area contributed by atoms with Crippen molar-refractivity contribution >= 4 is 5.97 Å². The highest BCUT2D eigenvalue weighted by molar-refractivity contribution is 5.72. The lowest BCUT2D eigenvalue weighted by Gasteiger charge is -2.11. The molecule has 0 atom stereocenters. The van der Waals surface area contributed by atoms with Gasteiger partial charge in [-0.2, -0.15) is 13.2 Å². The van der Waals surface area contributed by atoms with E-state index >= 15 is 0 Å². The first kappa shape index (κ1) is 19.5. The molecular weight excluding hydrogens is 369 g/mol. The van der Waals surface area contributed by atoms with Crippen LogP contribution in [0.4, 0.5) is 13.2 Å². The first-order chi connectivity index (χ1) is 13.3. The number of halogens is 3. The highest BCUT2D eigenvalue weighted by Gasteiger charge is 2.30. The summed E-state index contributed by atoms with van der Waals surface area (Å²) in [5.74, 6) is -0.363. The van der Waals surface area contributed by atoms with E-state index < -0.39 is 17.7 Å². The second kappa shape index (κ2) is 8.17. The van der Waals surface area contributed by atoms with Crippen molar-refractivity contribution in [2.45, 2.75) is 19.2 Å². The van der Waals surface area contributed by atoms with Crippen LogP contribution in [0, 0.1) is 0 Å². The predicted octanol–water partition coefficient (Wildman–Crippen LogP) is 5.58. The molecule has 0 radical (unpaired) electrons. The van der Waals surface area contributed by atoms with E-state index in [0.29, 0.717) is 16.9 Å². The zero-order chi connectivity index (χ0) is 20.1. The third kappa shape index (κ3) is 5.13. The standard InChI is InChI=1S/C22H17F3O3/c23-22(24,25)19-6-2-4-16(12-19)14-28-20-9-7-17(8-10-20)18-5-1-3-15(11-18)13-21(26)27/h1-12H,13-14H2,(H,26,27). The van der Waals surface area contributed by atoms with Crippen molar-refractivity contribution in [3.8, 4) is 16.9 Å². The molecule has 0 amide bonds. The second-order valence-corrected chi connectivity index (χ2v) is 6.28. The Morgan fingerprint density at radius 3 is 2.21 bits per heavy atom. The summed E-state index contributed by atoms with van der Waals surface area (Å²) in [6.07, 6.45) is -4.43. The van der Waals surface area contributed by atoms with Gasteiger partial charge in [0, 0.05) is 0 Å². The quantitative estimate of drug-likeness (QED) is 0.602. The summed E-state index contributed by atoms with van der Waals surface area (Å²) in [6.45, 7) is 0.0252. The summed E-state index contributed by atoms with van der Waals surface area (Å²) in [7, 11) is 0. The molecule has 6 heteroatoms. The van der Waals surface area contributed by atoms with Crippen LogP contribution in [0.3, 0.4) is 0 Å². The van der Waals surface area contributed by atoms with Gasteiger partial charge in [0.2, 0.25) is 0 Å². The summed E-state index contributed by atoms with van der Waals surface area (Å²) in [4.78, 5) is 10.8. The lowest BCUT2D eigenvalue weighted by Crippen LogP contribution is -2.06. The maximum atomic E-state index is 12.8. The van der Waals surface area contributed by atoms with Crippen LogP contribution in [0.1, 0.15) is 16.7 Å². The molecule has 0 unspecified atom stereocenters. The smallest absolute Gasteiger partial charge is 0.416 e. The van der Waals surface area contributed by atoms with Crippen molar-refractivity contribution in [2.75, 3.05) is 0 Å². The van der Waals surface area contributed by atoms with E-state index in [-0.39, 0.29) is 13.0 Å². The summed E-state index contributed by atoms with van der Waals surface area (Å²) >= 11 is 0. The maximum absolute atomic E-state index is 12.8. The molecule has 28 heavy (non-hydrogen) atoms. The Kier molecular flexibility index (Phi) is 5.68. The molecule has 0 heterocycles. The van der Waals surface area contributed by atoms with Crippen molar-refractivity contribution in [2.24, 2.45) is 0 Å². The third-order valence-electron chi connectivity index (χ3n) is 4.13. The Labute approximate surface area is 160 Å². The normalized spacial score (nSPS) is 11.2. The van der Waals surface area contributed by atoms with Gasteiger partial charge in [0.1, 0.15) is 12.4 Å². The van der Waals surface area contributed by atoms with Crippen LogP contribution in [0.5, 0.6) is 5.75 Å². The van der Waals surface area contributed by atoms with Crippen LogP contribution in [0.25, 0.3) is 11.1 Å². The van der Waals surface area contributed by atoms with Crippen LogP contribution in [0.15, 0.2) is 72.8 Å². The average molecular weight is 386 g/mol. The fourth-order valence-electron chi connectivity index (χ4n) is 2.78. The van der Waals surface area contributed by atoms with Crippen molar-refractivity contribution in [1.82, 2.24) is 0 Å². The molecule has 3 nitrogen and oxygen atoms in total. The Morgan fingerprint density at radius 1 is 0.857 bits per heavy atom. The van der Waals surface area contributed by atoms with Gasteiger partial charge in [0.15, 0.2) is 0 Å². The number of carboxylic acid groups (broad SMARTS) is 1. The summed E-state index contributed by atoms with van der Waals surface area (Å²) < 4.78 is 43.9. The third-order valence-corrected chi connectivity index (χ3v) is 4.13. The predicted molar refractivity (Wildman–Crippen MR) is 99.0 cm³/mol. The van der Waals surface area contributed by atoms with E-state index in [2.05, 4.69) is 0 Å². The summed E-state index contributed by atoms with van der Waals surface area (Å²) in [5, 5.41) is 8.90. The molecule has 0 saturated carbocycles. The molecule has 3 aromatic rings. The fourth-order valence-corrected chi connectivity index (χ4v) is 2.78. The lowest BCUT2D eigenvalue weighted by atomic mass is 10.0. The molecule has 0 saturated heterocycles. The number of hydrogen-bond acceptors (Lipinski definition) is 2. The largest absolute Gasteiger partial charge is 0.489 e. The van der Waals surface area contributed by atoms with Crippen molar-refractivity contribution in [1.29, 1.82) is 0 Å². The van der Waals surface area contributed by atoms with E-state index in [1.807, 2.05) is 24.3 Å². The maximum Gasteiger partial charge on any atom is 0.416 e. The highest BCUT2D eigenvalue weighted by Crippen LogP contribution is 2.30. The van der Waals surface area contributed by atoms with E-state index in [4.69, 9.17) is 9.84 Å². The number of hydrogen-bond donors (Lipinski definition) is 1. The molecule has 0 aliphatic heterocycles. The zero-order valence-corrected chi connectivity index (χ0v) is 14.7. The first-order valence-electron chi connectivity index (χ1n) is 8.51. The number of carbonyl (C=O) groups is 1. The highest BCUT2D eigenvalue weighted by atomic mass is 19.4. The minimum Gasteiger partial charge on any atom is -0.489 e. The van der Waals surface area contributed by atoms with Gasteiger partial charge in [-0.1, -0.05) is 48.5 Å². The zero-order valence-electron chi connectivity index (χ0n) is 14.7. The number of benzene rings is 3. The van der Waals surface area contributed by atoms with Crippen LogP contribution in [-0.2, 0) is 24.0 Å². The van der Waals surface area contributed by atoms with Gasteiger partial charge in [-0.15, -0.1) is 0 Å². The van der Waals surface area contributed by atoms with Gasteiger partial charge in [-0.3, -0.25) is 4.79 Å². The first-order valence-corrected chi connectivity index (χ1v) is 8.51. The molecule has 144 valence electrons. The summed E-state index contributed by atoms with van der Waals surface area (Å²) in [5.41, 5.74) is 2.20. The van der Waals surface area contributed by atoms with Gasteiger partial charge >= 0.3 is 12.1 Å². The van der Waals surface area contributed by atoms with Crippen molar-refractivity contribution in [3.63, 3.8) is 0 Å². The molecule has 1 N–H and O–H groups in total. The number of aliphatic carboxylic acids is 1. The Morgan fingerprint density at radius 2 is 1.54 bits per heavy atom. The molecule has 0 aliphatic rings. The van der Waals surface area contributed by atoms with Gasteiger partial charge < -0.3 is 9.84 Å². The fraction of sp³-hybridized carbons (Fsp3) is 0.136. The van der Waals surface area contributed by atoms with Gasteiger partial charge in [-0.25, -0.2) is 0 Å². The Balaban J connectivity index is 1.68. The monoisotopic (exact) mass is 386 g/mol. The van der Waals surface area contributed by atoms with Crippen LogP contribution >= 0.6 is 0 Å². The second-order valence-electron chi connectivity index (χ2n) is 6.28. The summed E-state index contributed by atoms with van der Waals surface area (Å²) in [6, 6.07) is 19.4. The molecule has 3 aromatic carbocycles. The van der Waals surface area contributed by atoms with Crippen molar-refractivity contribution in [3.05, 3.63) is 89.5 Å². The molecule has 0 bridgehead atoms. The lowest BCUT2D eigenvalue weighted by molar-refractivity contribution is -0.138. The van der Waals surface area contributed by atoms with Gasteiger partial charge in [0.05, 0.1) is 12.0 Å². The number of alkyl halides is 3. The molecule has 0 aromatic heterocycles. The minimum atomic E-state index is -4.38. The topological polar surface area (TPSA) is 46.5 Å². The van der Waals surface area contributed by atoms with Crippen LogP contribution in [0.2, 0.25) is 0 Å². The van der Waals surface area contributed by atoms with Gasteiger partial charge in [-0.05, 0) is 46.5 Å². The van der Waals surface area contributed by atoms with E-state index in [1.54, 1.807) is 30.3 Å². The number of carboxylic acids is 1. The van der Waals surface area contributed by atoms with Crippen LogP contribution in [-0.4, -0.2) is 11.1 Å². The Bertz CT molecular complexity index is 963. The molecular formula is C22H17F3O3. The number of rotatable bonds is 6. The number of ether oxygens (including phenoxy) is 1. The Hall–Kier alpha value is -3.28. The molecule has 0 spiro atoms. The average Bonchev–Trinajstić information content (AvgIpc) is 2.66. The molecule has 0 fully saturated rings. The van der Waals surface area contributed by atoms with Crippen molar-refractivity contribution < 1.29 is 27.8 Å². The molecule has 0 aliphatic carbocycles. The van der Waals surface area contributed by atoms with E-state index in [9.17, 15) is 18.0 Å². The van der Waals surface area contributed by atoms with Crippen LogP contribution < -0.4 is 4.74 Å². The van der Waals surface area contributed by atoms with E-state index in [1.165, 1.54) is 6.07 Å². The minimum absolute atomic E-state index is 0.0252. The SMILES string of the molecule is O=C(O)Cc1cccc(-c2ccc(OCc3cccc(C(F)(F)F)c3)cc2)c1.